The van der Waals surface area contributed by atoms with E-state index in [0.29, 0.717) is 19.3 Å². The number of rotatable bonds is 59. The Morgan fingerprint density at radius 1 is 0.269 bits per heavy atom. The van der Waals surface area contributed by atoms with E-state index in [2.05, 4.69) is 130 Å². The fourth-order valence-corrected chi connectivity index (χ4v) is 9.10. The number of hydrogen-bond donors (Lipinski definition) is 0. The molecule has 0 spiro atoms. The second kappa shape index (κ2) is 65.6. The van der Waals surface area contributed by atoms with Crippen LogP contribution in [0.25, 0.3) is 0 Å². The van der Waals surface area contributed by atoms with Crippen LogP contribution in [0.4, 0.5) is 0 Å². The summed E-state index contributed by atoms with van der Waals surface area (Å²) in [6, 6.07) is 0. The average molecular weight is 1080 g/mol. The van der Waals surface area contributed by atoms with Crippen molar-refractivity contribution in [3.63, 3.8) is 0 Å². The van der Waals surface area contributed by atoms with Gasteiger partial charge in [-0.05, 0) is 109 Å². The van der Waals surface area contributed by atoms with Crippen LogP contribution in [0.2, 0.25) is 0 Å². The van der Waals surface area contributed by atoms with Gasteiger partial charge in [0.25, 0.3) is 0 Å². The van der Waals surface area contributed by atoms with Crippen molar-refractivity contribution in [2.24, 2.45) is 0 Å². The Labute approximate surface area is 482 Å². The van der Waals surface area contributed by atoms with Crippen LogP contribution in [-0.2, 0) is 28.6 Å². The zero-order valence-electron chi connectivity index (χ0n) is 51.2. The van der Waals surface area contributed by atoms with E-state index in [1.165, 1.54) is 148 Å². The molecule has 0 amide bonds. The molecule has 0 rings (SSSR count). The van der Waals surface area contributed by atoms with Gasteiger partial charge in [-0.15, -0.1) is 0 Å². The summed E-state index contributed by atoms with van der Waals surface area (Å²) in [5.41, 5.74) is 0. The van der Waals surface area contributed by atoms with E-state index in [0.717, 1.165) is 122 Å². The fraction of sp³-hybridized carbons (Fsp3) is 0.708. The lowest BCUT2D eigenvalue weighted by molar-refractivity contribution is -0.167. The van der Waals surface area contributed by atoms with Gasteiger partial charge in [-0.1, -0.05) is 291 Å². The number of carbonyl (C=O) groups is 3. The van der Waals surface area contributed by atoms with Gasteiger partial charge in [-0.3, -0.25) is 14.4 Å². The highest BCUT2D eigenvalue weighted by Gasteiger charge is 2.19. The Morgan fingerprint density at radius 2 is 0.500 bits per heavy atom. The maximum Gasteiger partial charge on any atom is 0.306 e. The quantitative estimate of drug-likeness (QED) is 0.0261. The molecule has 78 heavy (non-hydrogen) atoms. The van der Waals surface area contributed by atoms with Crippen molar-refractivity contribution in [2.75, 3.05) is 13.2 Å². The lowest BCUT2D eigenvalue weighted by atomic mass is 10.0. The molecule has 0 heterocycles. The van der Waals surface area contributed by atoms with Crippen LogP contribution >= 0.6 is 0 Å². The van der Waals surface area contributed by atoms with E-state index < -0.39 is 6.10 Å². The average Bonchev–Trinajstić information content (AvgIpc) is 3.44. The summed E-state index contributed by atoms with van der Waals surface area (Å²) in [6.45, 7) is 6.46. The molecule has 6 nitrogen and oxygen atoms in total. The SMILES string of the molecule is CC/C=C\C/C=C\C/C=C\C/C=C\C/C=C\C/C=C\C/C=C\C/C=C\CCCCCCC(=O)OCC(COC(=O)CCCCCCCC)OC(=O)CCCCCCCCCCCCCCC/C=C\CCCCCCCCCC. The molecule has 0 aromatic rings. The number of unbranched alkanes of at least 4 members (excludes halogenated alkanes) is 30. The fourth-order valence-electron chi connectivity index (χ4n) is 9.10. The molecule has 0 N–H and O–H groups in total. The summed E-state index contributed by atoms with van der Waals surface area (Å²) in [4.78, 5) is 38.0. The van der Waals surface area contributed by atoms with Gasteiger partial charge in [-0.2, -0.15) is 0 Å². The van der Waals surface area contributed by atoms with Crippen LogP contribution in [0.5, 0.6) is 0 Å². The van der Waals surface area contributed by atoms with E-state index >= 15 is 0 Å². The van der Waals surface area contributed by atoms with Gasteiger partial charge in [-0.25, -0.2) is 0 Å². The summed E-state index contributed by atoms with van der Waals surface area (Å²) < 4.78 is 16.8. The van der Waals surface area contributed by atoms with Crippen molar-refractivity contribution >= 4 is 17.9 Å². The van der Waals surface area contributed by atoms with Crippen LogP contribution in [0.15, 0.2) is 109 Å². The van der Waals surface area contributed by atoms with Gasteiger partial charge in [0, 0.05) is 19.3 Å². The molecule has 0 radical (unpaired) electrons. The Bertz CT molecular complexity index is 1570. The molecule has 1 atom stereocenters. The van der Waals surface area contributed by atoms with Crippen LogP contribution in [0.1, 0.15) is 310 Å². The van der Waals surface area contributed by atoms with Crippen LogP contribution < -0.4 is 0 Å². The lowest BCUT2D eigenvalue weighted by Gasteiger charge is -2.18. The van der Waals surface area contributed by atoms with Crippen molar-refractivity contribution in [1.29, 1.82) is 0 Å². The van der Waals surface area contributed by atoms with Gasteiger partial charge in [0.1, 0.15) is 13.2 Å². The minimum Gasteiger partial charge on any atom is -0.462 e. The van der Waals surface area contributed by atoms with Crippen molar-refractivity contribution in [2.45, 2.75) is 316 Å². The van der Waals surface area contributed by atoms with Crippen molar-refractivity contribution in [1.82, 2.24) is 0 Å². The molecule has 0 fully saturated rings. The van der Waals surface area contributed by atoms with E-state index in [9.17, 15) is 14.4 Å². The minimum absolute atomic E-state index is 0.0858. The summed E-state index contributed by atoms with van der Waals surface area (Å²) >= 11 is 0. The van der Waals surface area contributed by atoms with Gasteiger partial charge < -0.3 is 14.2 Å². The normalized spacial score (nSPS) is 12.8. The van der Waals surface area contributed by atoms with Gasteiger partial charge >= 0.3 is 17.9 Å². The first-order valence-corrected chi connectivity index (χ1v) is 32.9. The maximum absolute atomic E-state index is 12.9. The van der Waals surface area contributed by atoms with Crippen molar-refractivity contribution in [3.8, 4) is 0 Å². The van der Waals surface area contributed by atoms with Crippen molar-refractivity contribution in [3.05, 3.63) is 109 Å². The Balaban J connectivity index is 4.15. The molecule has 0 aliphatic carbocycles. The summed E-state index contributed by atoms with van der Waals surface area (Å²) in [6.07, 6.45) is 89.9. The van der Waals surface area contributed by atoms with Gasteiger partial charge in [0.05, 0.1) is 0 Å². The molecule has 0 aliphatic heterocycles. The summed E-state index contributed by atoms with van der Waals surface area (Å²) in [7, 11) is 0. The number of carbonyl (C=O) groups excluding carboxylic acids is 3. The molecular formula is C72H122O6. The third-order valence-electron chi connectivity index (χ3n) is 14.0. The first-order chi connectivity index (χ1) is 38.5. The third-order valence-corrected chi connectivity index (χ3v) is 14.0. The maximum atomic E-state index is 12.9. The molecule has 6 heteroatoms. The molecule has 0 aliphatic rings. The van der Waals surface area contributed by atoms with Crippen LogP contribution in [0.3, 0.4) is 0 Å². The second-order valence-corrected chi connectivity index (χ2v) is 21.6. The molecule has 0 bridgehead atoms. The highest BCUT2D eigenvalue weighted by atomic mass is 16.6. The monoisotopic (exact) mass is 1080 g/mol. The second-order valence-electron chi connectivity index (χ2n) is 21.6. The van der Waals surface area contributed by atoms with Gasteiger partial charge in [0.15, 0.2) is 6.10 Å². The zero-order valence-corrected chi connectivity index (χ0v) is 51.2. The molecule has 0 aromatic heterocycles. The first-order valence-electron chi connectivity index (χ1n) is 32.9. The van der Waals surface area contributed by atoms with E-state index in [4.69, 9.17) is 14.2 Å². The van der Waals surface area contributed by atoms with Crippen LogP contribution in [-0.4, -0.2) is 37.2 Å². The molecular weight excluding hydrogens is 961 g/mol. The van der Waals surface area contributed by atoms with Crippen LogP contribution in [0, 0.1) is 0 Å². The predicted octanol–water partition coefficient (Wildman–Crippen LogP) is 22.6. The standard InChI is InChI=1S/C72H122O6/c1-4-7-10-13-16-18-20-22-24-26-28-30-32-34-35-36-37-39-40-42-44-46-48-50-52-54-56-59-62-65-71(74)77-68-69(67-76-70(73)64-61-58-15-12-9-6-3)78-72(75)66-63-60-57-55-53-51-49-47-45-43-41-38-33-31-29-27-25-23-21-19-17-14-11-8-5-2/h7,10,16,18,22,24,27-30,34-35,37,39,42,44,48,50,69H,4-6,8-9,11-15,17,19-21,23,25-26,31-33,36,38,40-41,43,45-47,49,51-68H2,1-3H3/b10-7-,18-16-,24-22-,29-27-,30-28-,35-34-,39-37-,44-42-,50-48-. The number of allylic oxidation sites excluding steroid dienone is 18. The van der Waals surface area contributed by atoms with E-state index in [1.807, 2.05) is 0 Å². The number of esters is 3. The Morgan fingerprint density at radius 3 is 0.795 bits per heavy atom. The molecule has 0 saturated carbocycles. The molecule has 1 unspecified atom stereocenters. The molecule has 446 valence electrons. The highest BCUT2D eigenvalue weighted by Crippen LogP contribution is 2.16. The van der Waals surface area contributed by atoms with E-state index in [-0.39, 0.29) is 31.1 Å². The Kier molecular flexibility index (Phi) is 62.3. The predicted molar refractivity (Wildman–Crippen MR) is 339 cm³/mol. The number of hydrogen-bond acceptors (Lipinski definition) is 6. The zero-order chi connectivity index (χ0) is 56.4. The lowest BCUT2D eigenvalue weighted by Crippen LogP contribution is -2.30. The van der Waals surface area contributed by atoms with Crippen molar-refractivity contribution < 1.29 is 28.6 Å². The number of ether oxygens (including phenoxy) is 3. The smallest absolute Gasteiger partial charge is 0.306 e. The molecule has 0 aromatic carbocycles. The molecule has 0 saturated heterocycles. The topological polar surface area (TPSA) is 78.9 Å². The minimum atomic E-state index is -0.787. The first kappa shape index (κ1) is 74.1. The van der Waals surface area contributed by atoms with Gasteiger partial charge in [0.2, 0.25) is 0 Å². The third kappa shape index (κ3) is 62.9. The van der Waals surface area contributed by atoms with E-state index in [1.54, 1.807) is 0 Å². The summed E-state index contributed by atoms with van der Waals surface area (Å²) in [5, 5.41) is 0. The largest absolute Gasteiger partial charge is 0.462 e. The summed E-state index contributed by atoms with van der Waals surface area (Å²) in [5.74, 6) is -0.915. The Hall–Kier alpha value is -3.93. The highest BCUT2D eigenvalue weighted by molar-refractivity contribution is 5.71.